The van der Waals surface area contributed by atoms with Gasteiger partial charge in [0.15, 0.2) is 0 Å². The second-order valence-electron chi connectivity index (χ2n) is 6.39. The van der Waals surface area contributed by atoms with Crippen LogP contribution in [0.2, 0.25) is 5.02 Å². The van der Waals surface area contributed by atoms with Gasteiger partial charge in [0.25, 0.3) is 0 Å². The van der Waals surface area contributed by atoms with Gasteiger partial charge in [-0.2, -0.15) is 0 Å². The predicted molar refractivity (Wildman–Crippen MR) is 111 cm³/mol. The molecule has 0 radical (unpaired) electrons. The summed E-state index contributed by atoms with van der Waals surface area (Å²) in [6.07, 6.45) is 1.42. The first kappa shape index (κ1) is 20.8. The van der Waals surface area contributed by atoms with E-state index in [-0.39, 0.29) is 23.5 Å². The zero-order chi connectivity index (χ0) is 21.0. The molecular formula is C20H21ClFN5O2. The third-order valence-electron chi connectivity index (χ3n) is 4.50. The molecule has 0 spiro atoms. The standard InChI is InChI=1S/C20H21ClFN5O2/c1-11(23-2)20(28)24-9-12-6-14-17(8-18(12)29-3)25-10-26-19(14)27-13-4-5-16(22)15(21)7-13/h4-8,10-11,23H,9H2,1-3H3,(H,24,28)(H,25,26,27)/t11-/m0/s1. The minimum Gasteiger partial charge on any atom is -0.496 e. The van der Waals surface area contributed by atoms with Crippen molar-refractivity contribution in [3.63, 3.8) is 0 Å². The number of carbonyl (C=O) groups is 1. The van der Waals surface area contributed by atoms with Crippen molar-refractivity contribution in [1.29, 1.82) is 0 Å². The predicted octanol–water partition coefficient (Wildman–Crippen LogP) is 3.40. The Morgan fingerprint density at radius 1 is 1.28 bits per heavy atom. The summed E-state index contributed by atoms with van der Waals surface area (Å²) in [6.45, 7) is 2.05. The van der Waals surface area contributed by atoms with Crippen molar-refractivity contribution in [3.05, 3.63) is 53.1 Å². The SMILES string of the molecule is CN[C@@H](C)C(=O)NCc1cc2c(Nc3ccc(F)c(Cl)c3)ncnc2cc1OC. The van der Waals surface area contributed by atoms with E-state index in [2.05, 4.69) is 25.9 Å². The van der Waals surface area contributed by atoms with Gasteiger partial charge in [-0.25, -0.2) is 14.4 Å². The number of ether oxygens (including phenoxy) is 1. The molecule has 3 aromatic rings. The number of anilines is 2. The van der Waals surface area contributed by atoms with Gasteiger partial charge in [0.1, 0.15) is 23.7 Å². The lowest BCUT2D eigenvalue weighted by molar-refractivity contribution is -0.122. The number of rotatable bonds is 7. The van der Waals surface area contributed by atoms with Crippen LogP contribution in [0.5, 0.6) is 5.75 Å². The van der Waals surface area contributed by atoms with Crippen molar-refractivity contribution in [2.45, 2.75) is 19.5 Å². The number of aromatic nitrogens is 2. The van der Waals surface area contributed by atoms with E-state index in [4.69, 9.17) is 16.3 Å². The van der Waals surface area contributed by atoms with Gasteiger partial charge in [-0.1, -0.05) is 11.6 Å². The van der Waals surface area contributed by atoms with E-state index in [1.165, 1.54) is 18.5 Å². The quantitative estimate of drug-likeness (QED) is 0.546. The molecular weight excluding hydrogens is 397 g/mol. The van der Waals surface area contributed by atoms with E-state index < -0.39 is 5.82 Å². The molecule has 0 aliphatic carbocycles. The van der Waals surface area contributed by atoms with Crippen LogP contribution >= 0.6 is 11.6 Å². The Morgan fingerprint density at radius 2 is 2.07 bits per heavy atom. The average Bonchev–Trinajstić information content (AvgIpc) is 2.73. The minimum atomic E-state index is -0.497. The fraction of sp³-hybridized carbons (Fsp3) is 0.250. The normalized spacial score (nSPS) is 11.9. The Balaban J connectivity index is 1.95. The van der Waals surface area contributed by atoms with Gasteiger partial charge in [0.2, 0.25) is 5.91 Å². The molecule has 3 rings (SSSR count). The van der Waals surface area contributed by atoms with Gasteiger partial charge in [-0.15, -0.1) is 0 Å². The summed E-state index contributed by atoms with van der Waals surface area (Å²) in [4.78, 5) is 20.7. The number of likely N-dealkylation sites (N-methyl/N-ethyl adjacent to an activating group) is 1. The van der Waals surface area contributed by atoms with Gasteiger partial charge < -0.3 is 20.7 Å². The molecule has 3 N–H and O–H groups in total. The second kappa shape index (κ2) is 9.02. The third-order valence-corrected chi connectivity index (χ3v) is 4.79. The van der Waals surface area contributed by atoms with Crippen LogP contribution in [0.1, 0.15) is 12.5 Å². The number of fused-ring (bicyclic) bond motifs is 1. The molecule has 0 saturated heterocycles. The first-order chi connectivity index (χ1) is 13.9. The van der Waals surface area contributed by atoms with Gasteiger partial charge in [0, 0.05) is 29.2 Å². The molecule has 0 aliphatic rings. The summed E-state index contributed by atoms with van der Waals surface area (Å²) < 4.78 is 18.9. The van der Waals surface area contributed by atoms with E-state index in [0.717, 1.165) is 10.9 Å². The summed E-state index contributed by atoms with van der Waals surface area (Å²) >= 11 is 5.86. The lowest BCUT2D eigenvalue weighted by Gasteiger charge is -2.15. The van der Waals surface area contributed by atoms with Gasteiger partial charge in [0.05, 0.1) is 23.7 Å². The Morgan fingerprint density at radius 3 is 2.76 bits per heavy atom. The summed E-state index contributed by atoms with van der Waals surface area (Å²) in [6, 6.07) is 7.65. The largest absolute Gasteiger partial charge is 0.496 e. The molecule has 0 bridgehead atoms. The molecule has 0 saturated carbocycles. The smallest absolute Gasteiger partial charge is 0.237 e. The van der Waals surface area contributed by atoms with Crippen LogP contribution in [0.15, 0.2) is 36.7 Å². The molecule has 2 aromatic carbocycles. The summed E-state index contributed by atoms with van der Waals surface area (Å²) in [7, 11) is 3.28. The van der Waals surface area contributed by atoms with Crippen LogP contribution in [-0.2, 0) is 11.3 Å². The van der Waals surface area contributed by atoms with Gasteiger partial charge in [-0.3, -0.25) is 4.79 Å². The number of amides is 1. The highest BCUT2D eigenvalue weighted by Gasteiger charge is 2.14. The zero-order valence-corrected chi connectivity index (χ0v) is 17.0. The molecule has 0 fully saturated rings. The van der Waals surface area contributed by atoms with E-state index in [9.17, 15) is 9.18 Å². The van der Waals surface area contributed by atoms with Crippen LogP contribution in [-0.4, -0.2) is 36.1 Å². The lowest BCUT2D eigenvalue weighted by Crippen LogP contribution is -2.40. The molecule has 1 atom stereocenters. The maximum Gasteiger partial charge on any atom is 0.237 e. The number of nitrogens with zero attached hydrogens (tertiary/aromatic N) is 2. The summed E-state index contributed by atoms with van der Waals surface area (Å²) in [5, 5.41) is 9.63. The van der Waals surface area contributed by atoms with Crippen molar-refractivity contribution in [1.82, 2.24) is 20.6 Å². The van der Waals surface area contributed by atoms with Crippen LogP contribution in [0, 0.1) is 5.82 Å². The number of benzene rings is 2. The van der Waals surface area contributed by atoms with E-state index in [0.29, 0.717) is 22.8 Å². The zero-order valence-electron chi connectivity index (χ0n) is 16.2. The Kier molecular flexibility index (Phi) is 6.46. The highest BCUT2D eigenvalue weighted by atomic mass is 35.5. The highest BCUT2D eigenvalue weighted by molar-refractivity contribution is 6.31. The fourth-order valence-corrected chi connectivity index (χ4v) is 2.91. The molecule has 1 aromatic heterocycles. The van der Waals surface area contributed by atoms with Crippen molar-refractivity contribution in [2.24, 2.45) is 0 Å². The fourth-order valence-electron chi connectivity index (χ4n) is 2.73. The van der Waals surface area contributed by atoms with Crippen molar-refractivity contribution < 1.29 is 13.9 Å². The summed E-state index contributed by atoms with van der Waals surface area (Å²) in [5.74, 6) is 0.502. The third kappa shape index (κ3) is 4.72. The Labute approximate surface area is 172 Å². The first-order valence-corrected chi connectivity index (χ1v) is 9.29. The van der Waals surface area contributed by atoms with Crippen molar-refractivity contribution in [2.75, 3.05) is 19.5 Å². The monoisotopic (exact) mass is 417 g/mol. The topological polar surface area (TPSA) is 88.2 Å². The van der Waals surface area contributed by atoms with Crippen molar-refractivity contribution in [3.8, 4) is 5.75 Å². The van der Waals surface area contributed by atoms with Crippen LogP contribution in [0.3, 0.4) is 0 Å². The number of hydrogen-bond donors (Lipinski definition) is 3. The number of carbonyl (C=O) groups excluding carboxylic acids is 1. The first-order valence-electron chi connectivity index (χ1n) is 8.91. The molecule has 29 heavy (non-hydrogen) atoms. The Bertz CT molecular complexity index is 1050. The van der Waals surface area contributed by atoms with E-state index in [1.807, 2.05) is 6.07 Å². The molecule has 1 heterocycles. The van der Waals surface area contributed by atoms with Crippen LogP contribution in [0.4, 0.5) is 15.9 Å². The maximum atomic E-state index is 13.4. The van der Waals surface area contributed by atoms with Crippen molar-refractivity contribution >= 4 is 39.9 Å². The number of halogens is 2. The van der Waals surface area contributed by atoms with Gasteiger partial charge in [-0.05, 0) is 38.2 Å². The second-order valence-corrected chi connectivity index (χ2v) is 6.79. The van der Waals surface area contributed by atoms with E-state index >= 15 is 0 Å². The molecule has 0 unspecified atom stereocenters. The molecule has 0 aliphatic heterocycles. The highest BCUT2D eigenvalue weighted by Crippen LogP contribution is 2.30. The number of nitrogens with one attached hydrogen (secondary N) is 3. The minimum absolute atomic E-state index is 0.0112. The molecule has 152 valence electrons. The Hall–Kier alpha value is -2.97. The summed E-state index contributed by atoms with van der Waals surface area (Å²) in [5.41, 5.74) is 2.02. The van der Waals surface area contributed by atoms with Crippen LogP contribution in [0.25, 0.3) is 10.9 Å². The van der Waals surface area contributed by atoms with Gasteiger partial charge >= 0.3 is 0 Å². The molecule has 7 nitrogen and oxygen atoms in total. The number of hydrogen-bond acceptors (Lipinski definition) is 6. The van der Waals surface area contributed by atoms with Crippen LogP contribution < -0.4 is 20.7 Å². The van der Waals surface area contributed by atoms with E-state index in [1.54, 1.807) is 33.2 Å². The lowest BCUT2D eigenvalue weighted by atomic mass is 10.1. The maximum absolute atomic E-state index is 13.4. The molecule has 1 amide bonds. The average molecular weight is 418 g/mol. The number of methoxy groups -OCH3 is 1. The molecule has 9 heteroatoms.